The molecule has 1 aromatic rings. The minimum absolute atomic E-state index is 0.666. The Morgan fingerprint density at radius 3 is 2.71 bits per heavy atom. The van der Waals surface area contributed by atoms with Crippen molar-refractivity contribution >= 4 is 0 Å². The van der Waals surface area contributed by atoms with E-state index in [9.17, 15) is 0 Å². The van der Waals surface area contributed by atoms with Crippen LogP contribution >= 0.6 is 0 Å². The molecule has 2 atom stereocenters. The molecule has 1 aromatic heterocycles. The fraction of sp³-hybridized carbons (Fsp3) is 0.706. The summed E-state index contributed by atoms with van der Waals surface area (Å²) in [7, 11) is 4.37. The molecule has 0 saturated carbocycles. The number of rotatable bonds is 7. The standard InChI is InChI=1S/C17H30N4/c1-5-9-18-10-15-7-6-8-16(19-15)12-21-11-14(2)17(13-21)20(3)4/h6-8,14,17-18H,5,9-13H2,1-4H3. The van der Waals surface area contributed by atoms with Crippen LogP contribution in [0.15, 0.2) is 18.2 Å². The Morgan fingerprint density at radius 1 is 1.29 bits per heavy atom. The second-order valence-corrected chi connectivity index (χ2v) is 6.50. The minimum atomic E-state index is 0.666. The predicted octanol–water partition coefficient (Wildman–Crippen LogP) is 1.96. The van der Waals surface area contributed by atoms with Gasteiger partial charge in [0.1, 0.15) is 0 Å². The van der Waals surface area contributed by atoms with Gasteiger partial charge < -0.3 is 10.2 Å². The van der Waals surface area contributed by atoms with Gasteiger partial charge in [0.15, 0.2) is 0 Å². The van der Waals surface area contributed by atoms with Crippen molar-refractivity contribution in [3.63, 3.8) is 0 Å². The summed E-state index contributed by atoms with van der Waals surface area (Å²) in [5.74, 6) is 0.731. The second-order valence-electron chi connectivity index (χ2n) is 6.50. The lowest BCUT2D eigenvalue weighted by molar-refractivity contribution is 0.249. The average Bonchev–Trinajstić information content (AvgIpc) is 2.80. The van der Waals surface area contributed by atoms with Gasteiger partial charge in [0, 0.05) is 32.2 Å². The van der Waals surface area contributed by atoms with E-state index in [-0.39, 0.29) is 0 Å². The molecule has 1 saturated heterocycles. The first-order chi connectivity index (χ1) is 10.1. The highest BCUT2D eigenvalue weighted by atomic mass is 15.2. The highest BCUT2D eigenvalue weighted by Crippen LogP contribution is 2.21. The third-order valence-corrected chi connectivity index (χ3v) is 4.29. The maximum absolute atomic E-state index is 4.79. The Hall–Kier alpha value is -0.970. The van der Waals surface area contributed by atoms with Gasteiger partial charge in [0.25, 0.3) is 0 Å². The number of nitrogens with one attached hydrogen (secondary N) is 1. The van der Waals surface area contributed by atoms with Crippen LogP contribution in [0.2, 0.25) is 0 Å². The molecule has 0 amide bonds. The van der Waals surface area contributed by atoms with E-state index in [1.165, 1.54) is 12.2 Å². The second kappa shape index (κ2) is 7.87. The first kappa shape index (κ1) is 16.4. The Balaban J connectivity index is 1.90. The number of likely N-dealkylation sites (N-methyl/N-ethyl adjacent to an activating group) is 1. The van der Waals surface area contributed by atoms with Crippen molar-refractivity contribution in [2.75, 3.05) is 33.7 Å². The average molecular weight is 290 g/mol. The van der Waals surface area contributed by atoms with Gasteiger partial charge in [-0.2, -0.15) is 0 Å². The van der Waals surface area contributed by atoms with E-state index in [2.05, 4.69) is 61.3 Å². The summed E-state index contributed by atoms with van der Waals surface area (Å²) in [4.78, 5) is 9.66. The highest BCUT2D eigenvalue weighted by molar-refractivity contribution is 5.11. The number of hydrogen-bond acceptors (Lipinski definition) is 4. The Labute approximate surface area is 129 Å². The van der Waals surface area contributed by atoms with Crippen molar-refractivity contribution in [1.29, 1.82) is 0 Å². The zero-order valence-corrected chi connectivity index (χ0v) is 14.0. The molecule has 2 rings (SSSR count). The molecule has 0 spiro atoms. The molecule has 4 nitrogen and oxygen atoms in total. The Kier molecular flexibility index (Phi) is 6.15. The summed E-state index contributed by atoms with van der Waals surface area (Å²) < 4.78 is 0. The van der Waals surface area contributed by atoms with Gasteiger partial charge in [-0.15, -0.1) is 0 Å². The number of pyridine rings is 1. The van der Waals surface area contributed by atoms with Crippen LogP contribution in [0.1, 0.15) is 31.7 Å². The molecule has 0 radical (unpaired) electrons. The number of likely N-dealkylation sites (tertiary alicyclic amines) is 1. The van der Waals surface area contributed by atoms with Gasteiger partial charge in [0.05, 0.1) is 11.4 Å². The van der Waals surface area contributed by atoms with Crippen molar-refractivity contribution in [2.45, 2.75) is 39.4 Å². The lowest BCUT2D eigenvalue weighted by Crippen LogP contribution is -2.34. The summed E-state index contributed by atoms with van der Waals surface area (Å²) in [6.45, 7) is 9.75. The van der Waals surface area contributed by atoms with E-state index >= 15 is 0 Å². The van der Waals surface area contributed by atoms with E-state index in [1.807, 2.05) is 0 Å². The van der Waals surface area contributed by atoms with Gasteiger partial charge in [0.2, 0.25) is 0 Å². The van der Waals surface area contributed by atoms with Crippen LogP contribution in [0.25, 0.3) is 0 Å². The van der Waals surface area contributed by atoms with Crippen molar-refractivity contribution in [3.8, 4) is 0 Å². The molecule has 2 heterocycles. The normalized spacial score (nSPS) is 23.1. The van der Waals surface area contributed by atoms with E-state index in [1.54, 1.807) is 0 Å². The smallest absolute Gasteiger partial charge is 0.0547 e. The molecule has 2 unspecified atom stereocenters. The van der Waals surface area contributed by atoms with Crippen LogP contribution in [-0.2, 0) is 13.1 Å². The zero-order chi connectivity index (χ0) is 15.2. The summed E-state index contributed by atoms with van der Waals surface area (Å²) in [5.41, 5.74) is 2.34. The van der Waals surface area contributed by atoms with Crippen molar-refractivity contribution in [1.82, 2.24) is 20.1 Å². The molecule has 4 heteroatoms. The van der Waals surface area contributed by atoms with Crippen molar-refractivity contribution < 1.29 is 0 Å². The van der Waals surface area contributed by atoms with Crippen molar-refractivity contribution in [3.05, 3.63) is 29.6 Å². The molecule has 0 aromatic carbocycles. The largest absolute Gasteiger partial charge is 0.311 e. The van der Waals surface area contributed by atoms with Crippen LogP contribution < -0.4 is 5.32 Å². The topological polar surface area (TPSA) is 31.4 Å². The van der Waals surface area contributed by atoms with Gasteiger partial charge in [-0.1, -0.05) is 19.9 Å². The van der Waals surface area contributed by atoms with Crippen LogP contribution in [0.5, 0.6) is 0 Å². The molecule has 1 N–H and O–H groups in total. The lowest BCUT2D eigenvalue weighted by Gasteiger charge is -2.22. The fourth-order valence-electron chi connectivity index (χ4n) is 3.19. The van der Waals surface area contributed by atoms with Gasteiger partial charge in [-0.25, -0.2) is 0 Å². The third kappa shape index (κ3) is 4.77. The van der Waals surface area contributed by atoms with E-state index < -0.39 is 0 Å². The molecule has 1 aliphatic heterocycles. The molecule has 1 fully saturated rings. The SMILES string of the molecule is CCCNCc1cccc(CN2CC(C)C(N(C)C)C2)n1. The zero-order valence-electron chi connectivity index (χ0n) is 14.0. The molecular weight excluding hydrogens is 260 g/mol. The van der Waals surface area contributed by atoms with Crippen molar-refractivity contribution in [2.24, 2.45) is 5.92 Å². The highest BCUT2D eigenvalue weighted by Gasteiger charge is 2.30. The van der Waals surface area contributed by atoms with Gasteiger partial charge >= 0.3 is 0 Å². The summed E-state index contributed by atoms with van der Waals surface area (Å²) in [6.07, 6.45) is 1.16. The Bertz CT molecular complexity index is 433. The molecule has 0 aliphatic carbocycles. The van der Waals surface area contributed by atoms with Crippen LogP contribution in [-0.4, -0.2) is 54.6 Å². The first-order valence-corrected chi connectivity index (χ1v) is 8.14. The van der Waals surface area contributed by atoms with E-state index in [0.29, 0.717) is 6.04 Å². The van der Waals surface area contributed by atoms with E-state index in [4.69, 9.17) is 4.98 Å². The number of nitrogens with zero attached hydrogens (tertiary/aromatic N) is 3. The molecular formula is C17H30N4. The van der Waals surface area contributed by atoms with Crippen LogP contribution in [0.3, 0.4) is 0 Å². The fourth-order valence-corrected chi connectivity index (χ4v) is 3.19. The minimum Gasteiger partial charge on any atom is -0.311 e. The quantitative estimate of drug-likeness (QED) is 0.778. The maximum atomic E-state index is 4.79. The summed E-state index contributed by atoms with van der Waals surface area (Å²) >= 11 is 0. The molecule has 118 valence electrons. The number of aromatic nitrogens is 1. The molecule has 21 heavy (non-hydrogen) atoms. The number of hydrogen-bond donors (Lipinski definition) is 1. The molecule has 1 aliphatic rings. The first-order valence-electron chi connectivity index (χ1n) is 8.14. The summed E-state index contributed by atoms with van der Waals surface area (Å²) in [6, 6.07) is 7.06. The van der Waals surface area contributed by atoms with Crippen LogP contribution in [0, 0.1) is 5.92 Å². The van der Waals surface area contributed by atoms with Gasteiger partial charge in [-0.3, -0.25) is 9.88 Å². The lowest BCUT2D eigenvalue weighted by atomic mass is 10.1. The molecule has 0 bridgehead atoms. The Morgan fingerprint density at radius 2 is 2.05 bits per heavy atom. The van der Waals surface area contributed by atoms with E-state index in [0.717, 1.165) is 44.2 Å². The third-order valence-electron chi connectivity index (χ3n) is 4.29. The maximum Gasteiger partial charge on any atom is 0.0547 e. The summed E-state index contributed by atoms with van der Waals surface area (Å²) in [5, 5.41) is 3.42. The monoisotopic (exact) mass is 290 g/mol. The van der Waals surface area contributed by atoms with Crippen LogP contribution in [0.4, 0.5) is 0 Å². The predicted molar refractivity (Wildman–Crippen MR) is 88.2 cm³/mol. The van der Waals surface area contributed by atoms with Gasteiger partial charge in [-0.05, 0) is 45.1 Å².